The monoisotopic (exact) mass is 513 g/mol. The lowest BCUT2D eigenvalue weighted by molar-refractivity contribution is -0.136. The zero-order chi connectivity index (χ0) is 27.0. The topological polar surface area (TPSA) is 87.7 Å². The van der Waals surface area contributed by atoms with Crippen molar-refractivity contribution >= 4 is 23.6 Å². The Morgan fingerprint density at radius 1 is 0.946 bits per heavy atom. The number of amides is 3. The van der Waals surface area contributed by atoms with E-state index in [0.717, 1.165) is 24.8 Å². The molecule has 0 aromatic heterocycles. The fourth-order valence-corrected chi connectivity index (χ4v) is 4.87. The number of nitrogens with zero attached hydrogens (tertiary/aromatic N) is 1. The van der Waals surface area contributed by atoms with E-state index in [9.17, 15) is 14.4 Å². The van der Waals surface area contributed by atoms with Gasteiger partial charge in [-0.15, -0.1) is 0 Å². The Labute approximate surface area is 223 Å². The van der Waals surface area contributed by atoms with E-state index in [2.05, 4.69) is 17.6 Å². The largest absolute Gasteiger partial charge is 0.466 e. The van der Waals surface area contributed by atoms with E-state index in [4.69, 9.17) is 4.74 Å². The van der Waals surface area contributed by atoms with Gasteiger partial charge >= 0.3 is 12.0 Å². The summed E-state index contributed by atoms with van der Waals surface area (Å²) in [6.07, 6.45) is 15.0. The molecule has 1 aromatic rings. The van der Waals surface area contributed by atoms with Crippen molar-refractivity contribution in [2.24, 2.45) is 0 Å². The van der Waals surface area contributed by atoms with E-state index in [-0.39, 0.29) is 11.9 Å². The SMILES string of the molecule is CCCCCCCCCCCCCC(=O)Nc1cccc(C2NC(=O)N(CCC)C(C)=C2C(=O)OC)c1. The van der Waals surface area contributed by atoms with Crippen molar-refractivity contribution in [1.82, 2.24) is 10.2 Å². The Kier molecular flexibility index (Phi) is 13.8. The molecule has 7 heteroatoms. The molecule has 3 amide bonds. The van der Waals surface area contributed by atoms with Crippen molar-refractivity contribution in [1.29, 1.82) is 0 Å². The zero-order valence-electron chi connectivity index (χ0n) is 23.4. The van der Waals surface area contributed by atoms with Gasteiger partial charge in [-0.05, 0) is 37.5 Å². The van der Waals surface area contributed by atoms with E-state index < -0.39 is 12.0 Å². The van der Waals surface area contributed by atoms with Crippen molar-refractivity contribution in [3.8, 4) is 0 Å². The summed E-state index contributed by atoms with van der Waals surface area (Å²) < 4.78 is 5.03. The molecule has 2 N–H and O–H groups in total. The highest BCUT2D eigenvalue weighted by Gasteiger charge is 2.36. The van der Waals surface area contributed by atoms with Gasteiger partial charge in [0.15, 0.2) is 0 Å². The molecule has 1 aromatic carbocycles. The molecule has 0 fully saturated rings. The van der Waals surface area contributed by atoms with Crippen LogP contribution in [0.25, 0.3) is 0 Å². The zero-order valence-corrected chi connectivity index (χ0v) is 23.4. The molecule has 7 nitrogen and oxygen atoms in total. The number of rotatable bonds is 17. The van der Waals surface area contributed by atoms with Gasteiger partial charge in [-0.3, -0.25) is 9.69 Å². The fraction of sp³-hybridized carbons (Fsp3) is 0.633. The highest BCUT2D eigenvalue weighted by Crippen LogP contribution is 2.32. The second-order valence-corrected chi connectivity index (χ2v) is 9.98. The van der Waals surface area contributed by atoms with E-state index >= 15 is 0 Å². The summed E-state index contributed by atoms with van der Waals surface area (Å²) in [5, 5.41) is 5.91. The first kappa shape index (κ1) is 30.4. The number of anilines is 1. The van der Waals surface area contributed by atoms with Gasteiger partial charge in [-0.2, -0.15) is 0 Å². The van der Waals surface area contributed by atoms with Crippen molar-refractivity contribution in [3.05, 3.63) is 41.1 Å². The number of esters is 1. The van der Waals surface area contributed by atoms with Crippen LogP contribution in [-0.2, 0) is 14.3 Å². The van der Waals surface area contributed by atoms with Gasteiger partial charge in [0.1, 0.15) is 0 Å². The molecule has 1 atom stereocenters. The second-order valence-electron chi connectivity index (χ2n) is 9.98. The van der Waals surface area contributed by atoms with Crippen LogP contribution in [0.3, 0.4) is 0 Å². The number of carbonyl (C=O) groups excluding carboxylic acids is 3. The van der Waals surface area contributed by atoms with Gasteiger partial charge in [0.2, 0.25) is 5.91 Å². The van der Waals surface area contributed by atoms with Crippen LogP contribution in [0.1, 0.15) is 116 Å². The van der Waals surface area contributed by atoms with E-state index in [1.165, 1.54) is 64.9 Å². The van der Waals surface area contributed by atoms with Crippen molar-refractivity contribution in [2.75, 3.05) is 19.0 Å². The molecular weight excluding hydrogens is 466 g/mol. The summed E-state index contributed by atoms with van der Waals surface area (Å²) in [4.78, 5) is 39.5. The first-order chi connectivity index (χ1) is 17.9. The summed E-state index contributed by atoms with van der Waals surface area (Å²) in [5.74, 6) is -0.496. The van der Waals surface area contributed by atoms with Crippen LogP contribution in [0, 0.1) is 0 Å². The van der Waals surface area contributed by atoms with E-state index in [1.807, 2.05) is 31.2 Å². The third-order valence-electron chi connectivity index (χ3n) is 6.96. The molecule has 0 saturated heterocycles. The maximum atomic E-state index is 12.7. The minimum Gasteiger partial charge on any atom is -0.466 e. The van der Waals surface area contributed by atoms with Crippen LogP contribution in [0.2, 0.25) is 0 Å². The summed E-state index contributed by atoms with van der Waals surface area (Å²) in [5.41, 5.74) is 2.36. The average molecular weight is 514 g/mol. The Morgan fingerprint density at radius 3 is 2.16 bits per heavy atom. The quantitative estimate of drug-likeness (QED) is 0.170. The van der Waals surface area contributed by atoms with E-state index in [0.29, 0.717) is 29.9 Å². The molecule has 1 aliphatic rings. The lowest BCUT2D eigenvalue weighted by Gasteiger charge is -2.35. The summed E-state index contributed by atoms with van der Waals surface area (Å²) in [6.45, 7) is 6.51. The molecule has 0 saturated carbocycles. The van der Waals surface area contributed by atoms with Crippen LogP contribution in [-0.4, -0.2) is 36.5 Å². The number of ether oxygens (including phenoxy) is 1. The number of hydrogen-bond acceptors (Lipinski definition) is 4. The van der Waals surface area contributed by atoms with Crippen LogP contribution >= 0.6 is 0 Å². The highest BCUT2D eigenvalue weighted by molar-refractivity contribution is 5.95. The minimum absolute atomic E-state index is 0.0187. The Balaban J connectivity index is 1.86. The molecule has 37 heavy (non-hydrogen) atoms. The maximum Gasteiger partial charge on any atom is 0.337 e. The molecule has 0 spiro atoms. The number of methoxy groups -OCH3 is 1. The summed E-state index contributed by atoms with van der Waals surface area (Å²) in [6, 6.07) is 6.41. The van der Waals surface area contributed by atoms with Crippen LogP contribution in [0.4, 0.5) is 10.5 Å². The molecular formula is C30H47N3O4. The van der Waals surface area contributed by atoms with Crippen LogP contribution < -0.4 is 10.6 Å². The predicted molar refractivity (Wildman–Crippen MR) is 149 cm³/mol. The Morgan fingerprint density at radius 2 is 1.57 bits per heavy atom. The molecule has 1 aliphatic heterocycles. The average Bonchev–Trinajstić information content (AvgIpc) is 2.89. The maximum absolute atomic E-state index is 12.7. The van der Waals surface area contributed by atoms with Gasteiger partial charge in [0.05, 0.1) is 18.7 Å². The molecule has 206 valence electrons. The summed E-state index contributed by atoms with van der Waals surface area (Å²) >= 11 is 0. The van der Waals surface area contributed by atoms with Gasteiger partial charge in [-0.1, -0.05) is 90.2 Å². The van der Waals surface area contributed by atoms with Crippen molar-refractivity contribution < 1.29 is 19.1 Å². The molecule has 1 heterocycles. The molecule has 1 unspecified atom stereocenters. The standard InChI is InChI=1S/C30H47N3O4/c1-5-7-8-9-10-11-12-13-14-15-16-20-26(34)31-25-19-17-18-24(22-25)28-27(29(35)37-4)23(3)33(21-6-2)30(36)32-28/h17-19,22,28H,5-16,20-21H2,1-4H3,(H,31,34)(H,32,36). The number of benzene rings is 1. The Bertz CT molecular complexity index is 912. The lowest BCUT2D eigenvalue weighted by atomic mass is 9.94. The van der Waals surface area contributed by atoms with Gasteiger partial charge in [0, 0.05) is 24.4 Å². The number of urea groups is 1. The minimum atomic E-state index is -0.642. The molecule has 0 radical (unpaired) electrons. The van der Waals surface area contributed by atoms with Gasteiger partial charge in [-0.25, -0.2) is 9.59 Å². The van der Waals surface area contributed by atoms with Gasteiger partial charge < -0.3 is 15.4 Å². The molecule has 0 aliphatic carbocycles. The number of unbranched alkanes of at least 4 members (excludes halogenated alkanes) is 10. The third kappa shape index (κ3) is 9.86. The third-order valence-corrected chi connectivity index (χ3v) is 6.96. The molecule has 2 rings (SSSR count). The van der Waals surface area contributed by atoms with Crippen LogP contribution in [0.15, 0.2) is 35.5 Å². The number of carbonyl (C=O) groups is 3. The van der Waals surface area contributed by atoms with E-state index in [1.54, 1.807) is 11.8 Å². The first-order valence-corrected chi connectivity index (χ1v) is 14.2. The fourth-order valence-electron chi connectivity index (χ4n) is 4.87. The second kappa shape index (κ2) is 16.8. The van der Waals surface area contributed by atoms with Crippen molar-refractivity contribution in [2.45, 2.75) is 110 Å². The Hall–Kier alpha value is -2.83. The predicted octanol–water partition coefficient (Wildman–Crippen LogP) is 7.25. The normalized spacial score (nSPS) is 15.5. The molecule has 0 bridgehead atoms. The highest BCUT2D eigenvalue weighted by atomic mass is 16.5. The first-order valence-electron chi connectivity index (χ1n) is 14.2. The number of allylic oxidation sites excluding steroid dienone is 1. The summed E-state index contributed by atoms with van der Waals surface area (Å²) in [7, 11) is 1.34. The van der Waals surface area contributed by atoms with Gasteiger partial charge in [0.25, 0.3) is 0 Å². The number of hydrogen-bond donors (Lipinski definition) is 2. The smallest absolute Gasteiger partial charge is 0.337 e. The van der Waals surface area contributed by atoms with Crippen LogP contribution in [0.5, 0.6) is 0 Å². The lowest BCUT2D eigenvalue weighted by Crippen LogP contribution is -2.48. The number of nitrogens with one attached hydrogen (secondary N) is 2. The van der Waals surface area contributed by atoms with Crippen molar-refractivity contribution in [3.63, 3.8) is 0 Å².